The highest BCUT2D eigenvalue weighted by Gasteiger charge is 1.89. The first-order valence-corrected chi connectivity index (χ1v) is 4.11. The molecule has 1 N–H and O–H groups in total. The minimum Gasteiger partial charge on any atom is -0.274 e. The summed E-state index contributed by atoms with van der Waals surface area (Å²) in [6.45, 7) is 1.40. The Balaban J connectivity index is 2.63. The van der Waals surface area contributed by atoms with Crippen LogP contribution in [-0.4, -0.2) is 12.1 Å². The first-order chi connectivity index (χ1) is 6.18. The van der Waals surface area contributed by atoms with Crippen LogP contribution in [0.25, 0.3) is 0 Å². The van der Waals surface area contributed by atoms with Crippen molar-refractivity contribution >= 4 is 23.7 Å². The fourth-order valence-electron chi connectivity index (χ4n) is 0.785. The summed E-state index contributed by atoms with van der Waals surface area (Å²) >= 11 is 5.74. The highest BCUT2D eigenvalue weighted by molar-refractivity contribution is 6.30. The molecule has 0 aliphatic heterocycles. The number of nitrogens with one attached hydrogen (secondary N) is 1. The van der Waals surface area contributed by atoms with Gasteiger partial charge in [-0.3, -0.25) is 4.79 Å². The van der Waals surface area contributed by atoms with Crippen molar-refractivity contribution in [2.24, 2.45) is 5.10 Å². The first kappa shape index (κ1) is 9.74. The number of nitrogens with zero attached hydrogens (tertiary/aromatic N) is 1. The van der Waals surface area contributed by atoms with Crippen LogP contribution in [0.3, 0.4) is 0 Å². The quantitative estimate of drug-likeness (QED) is 0.569. The second-order valence-corrected chi connectivity index (χ2v) is 2.92. The summed E-state index contributed by atoms with van der Waals surface area (Å²) in [6, 6.07) is 7.19. The van der Waals surface area contributed by atoms with Crippen LogP contribution in [0.4, 0.5) is 0 Å². The van der Waals surface area contributed by atoms with Crippen molar-refractivity contribution in [1.82, 2.24) is 5.43 Å². The van der Waals surface area contributed by atoms with Gasteiger partial charge in [0.05, 0.1) is 6.21 Å². The van der Waals surface area contributed by atoms with Gasteiger partial charge in [0.1, 0.15) is 0 Å². The molecule has 0 saturated heterocycles. The Morgan fingerprint density at radius 1 is 1.62 bits per heavy atom. The zero-order valence-corrected chi connectivity index (χ0v) is 7.88. The smallest absolute Gasteiger partial charge is 0.236 e. The van der Waals surface area contributed by atoms with E-state index in [0.717, 1.165) is 5.56 Å². The van der Waals surface area contributed by atoms with Crippen LogP contribution in [-0.2, 0) is 4.79 Å². The number of hydrogen-bond acceptors (Lipinski definition) is 2. The second-order valence-electron chi connectivity index (χ2n) is 2.48. The topological polar surface area (TPSA) is 41.5 Å². The average molecular weight is 197 g/mol. The molecule has 0 unspecified atom stereocenters. The van der Waals surface area contributed by atoms with Crippen molar-refractivity contribution < 1.29 is 4.79 Å². The van der Waals surface area contributed by atoms with Gasteiger partial charge in [0.25, 0.3) is 0 Å². The number of amides is 1. The van der Waals surface area contributed by atoms with Gasteiger partial charge < -0.3 is 0 Å². The third-order valence-corrected chi connectivity index (χ3v) is 1.52. The molecule has 1 rings (SSSR count). The maximum absolute atomic E-state index is 10.4. The Morgan fingerprint density at radius 3 is 3.00 bits per heavy atom. The molecule has 68 valence electrons. The largest absolute Gasteiger partial charge is 0.274 e. The molecule has 0 saturated carbocycles. The molecule has 4 heteroatoms. The van der Waals surface area contributed by atoms with Crippen molar-refractivity contribution in [3.8, 4) is 0 Å². The molecule has 0 aliphatic rings. The summed E-state index contributed by atoms with van der Waals surface area (Å²) in [5, 5.41) is 4.34. The minimum atomic E-state index is -0.196. The maximum Gasteiger partial charge on any atom is 0.236 e. The summed E-state index contributed by atoms with van der Waals surface area (Å²) in [5.41, 5.74) is 3.15. The van der Waals surface area contributed by atoms with E-state index in [1.807, 2.05) is 12.1 Å². The van der Waals surface area contributed by atoms with Crippen LogP contribution >= 0.6 is 11.6 Å². The van der Waals surface area contributed by atoms with Crippen LogP contribution in [0.5, 0.6) is 0 Å². The molecule has 0 aliphatic carbocycles. The number of rotatable bonds is 2. The van der Waals surface area contributed by atoms with Crippen molar-refractivity contribution in [2.75, 3.05) is 0 Å². The number of benzene rings is 1. The molecule has 0 fully saturated rings. The van der Waals surface area contributed by atoms with Gasteiger partial charge in [0, 0.05) is 11.9 Å². The van der Waals surface area contributed by atoms with Crippen molar-refractivity contribution in [2.45, 2.75) is 6.92 Å². The van der Waals surface area contributed by atoms with Gasteiger partial charge in [-0.05, 0) is 17.7 Å². The van der Waals surface area contributed by atoms with Gasteiger partial charge in [0.2, 0.25) is 5.91 Å². The van der Waals surface area contributed by atoms with Gasteiger partial charge in [-0.1, -0.05) is 23.7 Å². The molecule has 1 aromatic carbocycles. The lowest BCUT2D eigenvalue weighted by Gasteiger charge is -1.93. The molecular formula is C9H9ClN2O. The van der Waals surface area contributed by atoms with E-state index >= 15 is 0 Å². The fraction of sp³-hybridized carbons (Fsp3) is 0.111. The van der Waals surface area contributed by atoms with E-state index in [0.29, 0.717) is 5.02 Å². The molecule has 1 amide bonds. The van der Waals surface area contributed by atoms with Crippen LogP contribution in [0.1, 0.15) is 12.5 Å². The van der Waals surface area contributed by atoms with Crippen molar-refractivity contribution in [3.05, 3.63) is 34.9 Å². The molecule has 0 atom stereocenters. The molecular weight excluding hydrogens is 188 g/mol. The lowest BCUT2D eigenvalue weighted by atomic mass is 10.2. The van der Waals surface area contributed by atoms with Gasteiger partial charge in [-0.25, -0.2) is 5.43 Å². The summed E-state index contributed by atoms with van der Waals surface area (Å²) in [5.74, 6) is -0.196. The molecule has 0 radical (unpaired) electrons. The lowest BCUT2D eigenvalue weighted by molar-refractivity contribution is -0.118. The zero-order valence-electron chi connectivity index (χ0n) is 7.12. The SMILES string of the molecule is CC(=O)NN=Cc1cccc(Cl)c1. The van der Waals surface area contributed by atoms with E-state index in [1.165, 1.54) is 13.1 Å². The molecule has 0 spiro atoms. The Bertz CT molecular complexity index is 336. The third-order valence-electron chi connectivity index (χ3n) is 1.28. The molecule has 1 aromatic rings. The number of halogens is 1. The predicted octanol–water partition coefficient (Wildman–Crippen LogP) is 1.81. The van der Waals surface area contributed by atoms with Crippen LogP contribution in [0.2, 0.25) is 5.02 Å². The standard InChI is InChI=1S/C9H9ClN2O/c1-7(13)12-11-6-8-3-2-4-9(10)5-8/h2-6H,1H3,(H,12,13). The Kier molecular flexibility index (Phi) is 3.46. The monoisotopic (exact) mass is 196 g/mol. The van der Waals surface area contributed by atoms with Crippen LogP contribution in [0, 0.1) is 0 Å². The van der Waals surface area contributed by atoms with Gasteiger partial charge in [-0.15, -0.1) is 0 Å². The highest BCUT2D eigenvalue weighted by Crippen LogP contribution is 2.08. The predicted molar refractivity (Wildman–Crippen MR) is 52.9 cm³/mol. The van der Waals surface area contributed by atoms with E-state index in [1.54, 1.807) is 12.1 Å². The number of carbonyl (C=O) groups excluding carboxylic acids is 1. The molecule has 0 bridgehead atoms. The Hall–Kier alpha value is -1.35. The van der Waals surface area contributed by atoms with Gasteiger partial charge in [0.15, 0.2) is 0 Å². The van der Waals surface area contributed by atoms with E-state index in [4.69, 9.17) is 11.6 Å². The molecule has 0 aromatic heterocycles. The Labute approximate surface area is 81.4 Å². The average Bonchev–Trinajstić information content (AvgIpc) is 2.03. The first-order valence-electron chi connectivity index (χ1n) is 3.73. The zero-order chi connectivity index (χ0) is 9.68. The van der Waals surface area contributed by atoms with Gasteiger partial charge in [-0.2, -0.15) is 5.10 Å². The van der Waals surface area contributed by atoms with E-state index < -0.39 is 0 Å². The fourth-order valence-corrected chi connectivity index (χ4v) is 0.983. The summed E-state index contributed by atoms with van der Waals surface area (Å²) < 4.78 is 0. The summed E-state index contributed by atoms with van der Waals surface area (Å²) in [6.07, 6.45) is 1.54. The number of carbonyl (C=O) groups is 1. The van der Waals surface area contributed by atoms with E-state index in [-0.39, 0.29) is 5.91 Å². The molecule has 13 heavy (non-hydrogen) atoms. The van der Waals surface area contributed by atoms with Crippen LogP contribution in [0.15, 0.2) is 29.4 Å². The lowest BCUT2D eigenvalue weighted by Crippen LogP contribution is -2.12. The molecule has 3 nitrogen and oxygen atoms in total. The van der Waals surface area contributed by atoms with Gasteiger partial charge >= 0.3 is 0 Å². The third kappa shape index (κ3) is 3.71. The summed E-state index contributed by atoms with van der Waals surface area (Å²) in [4.78, 5) is 10.4. The number of hydrazone groups is 1. The second kappa shape index (κ2) is 4.62. The summed E-state index contributed by atoms with van der Waals surface area (Å²) in [7, 11) is 0. The van der Waals surface area contributed by atoms with E-state index in [9.17, 15) is 4.79 Å². The number of hydrogen-bond donors (Lipinski definition) is 1. The molecule has 0 heterocycles. The van der Waals surface area contributed by atoms with Crippen molar-refractivity contribution in [1.29, 1.82) is 0 Å². The van der Waals surface area contributed by atoms with Crippen molar-refractivity contribution in [3.63, 3.8) is 0 Å². The Morgan fingerprint density at radius 2 is 2.38 bits per heavy atom. The minimum absolute atomic E-state index is 0.196. The van der Waals surface area contributed by atoms with Crippen LogP contribution < -0.4 is 5.43 Å². The highest BCUT2D eigenvalue weighted by atomic mass is 35.5. The maximum atomic E-state index is 10.4. The van der Waals surface area contributed by atoms with E-state index in [2.05, 4.69) is 10.5 Å². The normalized spacial score (nSPS) is 10.3.